The van der Waals surface area contributed by atoms with Crippen molar-refractivity contribution in [3.63, 3.8) is 0 Å². The van der Waals surface area contributed by atoms with E-state index >= 15 is 0 Å². The Bertz CT molecular complexity index is 695. The minimum atomic E-state index is -0.927. The van der Waals surface area contributed by atoms with Crippen molar-refractivity contribution in [2.24, 2.45) is 39.6 Å². The number of aliphatic hydroxyl groups excluding tert-OH is 2. The van der Waals surface area contributed by atoms with Crippen molar-refractivity contribution in [3.8, 4) is 0 Å². The van der Waals surface area contributed by atoms with Gasteiger partial charge in [-0.3, -0.25) is 4.79 Å². The Morgan fingerprint density at radius 3 is 2.48 bits per heavy atom. The quantitative estimate of drug-likeness (QED) is 0.387. The lowest BCUT2D eigenvalue weighted by atomic mass is 9.42. The van der Waals surface area contributed by atoms with E-state index in [4.69, 9.17) is 0 Å². The first-order valence-corrected chi connectivity index (χ1v) is 10.4. The number of carboxylic acid groups (broad SMARTS) is 1. The molecule has 27 heavy (non-hydrogen) atoms. The van der Waals surface area contributed by atoms with Crippen LogP contribution in [0.25, 0.3) is 10.4 Å². The average Bonchev–Trinajstić information content (AvgIpc) is 2.92. The molecule has 4 rings (SSSR count). The summed E-state index contributed by atoms with van der Waals surface area (Å²) >= 11 is 0. The Morgan fingerprint density at radius 1 is 1.07 bits per heavy atom. The Balaban J connectivity index is 1.81. The van der Waals surface area contributed by atoms with E-state index in [1.807, 2.05) is 6.92 Å². The van der Waals surface area contributed by atoms with E-state index in [0.717, 1.165) is 32.1 Å². The predicted octanol–water partition coefficient (Wildman–Crippen LogP) is 3.49. The van der Waals surface area contributed by atoms with Crippen molar-refractivity contribution in [2.75, 3.05) is 0 Å². The zero-order valence-corrected chi connectivity index (χ0v) is 16.2. The van der Waals surface area contributed by atoms with E-state index in [2.05, 4.69) is 16.9 Å². The maximum Gasteiger partial charge on any atom is 0.307 e. The summed E-state index contributed by atoms with van der Waals surface area (Å²) in [4.78, 5) is 15.1. The number of hydrogen-bond donors (Lipinski definition) is 3. The van der Waals surface area contributed by atoms with E-state index in [9.17, 15) is 25.6 Å². The Kier molecular flexibility index (Phi) is 4.30. The fourth-order valence-electron chi connectivity index (χ4n) is 7.90. The molecule has 0 saturated heterocycles. The third-order valence-electron chi connectivity index (χ3n) is 9.44. The molecular weight excluding hydrogens is 346 g/mol. The first-order chi connectivity index (χ1) is 12.7. The van der Waals surface area contributed by atoms with Crippen LogP contribution in [-0.4, -0.2) is 39.0 Å². The molecule has 0 spiro atoms. The van der Waals surface area contributed by atoms with Gasteiger partial charge in [-0.1, -0.05) is 19.0 Å². The van der Waals surface area contributed by atoms with Gasteiger partial charge in [-0.2, -0.15) is 0 Å². The summed E-state index contributed by atoms with van der Waals surface area (Å²) in [5.74, 6) is -0.866. The van der Waals surface area contributed by atoms with E-state index in [0.29, 0.717) is 25.2 Å². The van der Waals surface area contributed by atoms with Crippen LogP contribution in [-0.2, 0) is 4.79 Å². The van der Waals surface area contributed by atoms with E-state index < -0.39 is 28.9 Å². The number of aliphatic carboxylic acids is 1. The van der Waals surface area contributed by atoms with Gasteiger partial charge in [-0.25, -0.2) is 0 Å². The molecule has 4 saturated carbocycles. The fourth-order valence-corrected chi connectivity index (χ4v) is 7.90. The van der Waals surface area contributed by atoms with Crippen molar-refractivity contribution in [2.45, 2.75) is 83.0 Å². The highest BCUT2D eigenvalue weighted by molar-refractivity contribution is 5.72. The fraction of sp³-hybridized carbons (Fsp3) is 0.950. The van der Waals surface area contributed by atoms with Gasteiger partial charge in [0.25, 0.3) is 0 Å². The first-order valence-electron chi connectivity index (χ1n) is 10.4. The monoisotopic (exact) mass is 377 g/mol. The summed E-state index contributed by atoms with van der Waals surface area (Å²) < 4.78 is 0. The van der Waals surface area contributed by atoms with E-state index in [1.165, 1.54) is 0 Å². The molecule has 0 aromatic carbocycles. The lowest BCUT2D eigenvalue weighted by molar-refractivity contribution is -0.187. The molecule has 0 bridgehead atoms. The van der Waals surface area contributed by atoms with Gasteiger partial charge < -0.3 is 15.3 Å². The number of aliphatic hydroxyl groups is 2. The standard InChI is InChI=1S/C20H31N3O4/c1-18-7-5-12(24)9-11(18)3-4-13-15(18)10-16(25)19(2)14(17(26)27)6-8-20(13,19)22-23-21/h11-16,24-25H,3-10H2,1-2H3,(H,26,27)/t11-,12+,13-,14-,15+,16-,18+,19+,20+/m1/s1. The molecule has 0 heterocycles. The highest BCUT2D eigenvalue weighted by Gasteiger charge is 2.71. The molecule has 0 unspecified atom stereocenters. The van der Waals surface area contributed by atoms with Crippen molar-refractivity contribution in [1.82, 2.24) is 0 Å². The summed E-state index contributed by atoms with van der Waals surface area (Å²) in [6.07, 6.45) is 4.86. The van der Waals surface area contributed by atoms with Crippen LogP contribution in [0.4, 0.5) is 0 Å². The topological polar surface area (TPSA) is 127 Å². The van der Waals surface area contributed by atoms with Crippen LogP contribution in [0.5, 0.6) is 0 Å². The number of carbonyl (C=O) groups is 1. The average molecular weight is 377 g/mol. The van der Waals surface area contributed by atoms with Gasteiger partial charge in [-0.05, 0) is 80.1 Å². The number of hydrogen-bond acceptors (Lipinski definition) is 4. The highest BCUT2D eigenvalue weighted by atomic mass is 16.4. The van der Waals surface area contributed by atoms with Gasteiger partial charge in [0.15, 0.2) is 0 Å². The molecule has 0 aromatic rings. The zero-order valence-electron chi connectivity index (χ0n) is 16.2. The third kappa shape index (κ3) is 2.28. The van der Waals surface area contributed by atoms with Crippen LogP contribution in [0.1, 0.15) is 65.2 Å². The number of rotatable bonds is 2. The minimum Gasteiger partial charge on any atom is -0.481 e. The van der Waals surface area contributed by atoms with E-state index in [-0.39, 0.29) is 23.4 Å². The van der Waals surface area contributed by atoms with Crippen molar-refractivity contribution < 1.29 is 20.1 Å². The zero-order chi connectivity index (χ0) is 19.6. The van der Waals surface area contributed by atoms with E-state index in [1.54, 1.807) is 0 Å². The van der Waals surface area contributed by atoms with Crippen molar-refractivity contribution >= 4 is 5.97 Å². The second-order valence-electron chi connectivity index (χ2n) is 10.00. The highest BCUT2D eigenvalue weighted by Crippen LogP contribution is 2.70. The summed E-state index contributed by atoms with van der Waals surface area (Å²) in [5.41, 5.74) is 7.64. The summed E-state index contributed by atoms with van der Waals surface area (Å²) in [6, 6.07) is 0. The first kappa shape index (κ1) is 19.0. The molecule has 4 aliphatic carbocycles. The van der Waals surface area contributed by atoms with Crippen LogP contribution in [0.15, 0.2) is 5.11 Å². The lowest BCUT2D eigenvalue weighted by Crippen LogP contribution is -2.66. The smallest absolute Gasteiger partial charge is 0.307 e. The van der Waals surface area contributed by atoms with Gasteiger partial charge in [0.1, 0.15) is 0 Å². The maximum atomic E-state index is 12.0. The summed E-state index contributed by atoms with van der Waals surface area (Å²) in [5, 5.41) is 35.5. The van der Waals surface area contributed by atoms with Crippen LogP contribution < -0.4 is 0 Å². The second kappa shape index (κ2) is 6.10. The predicted molar refractivity (Wildman–Crippen MR) is 98.6 cm³/mol. The van der Waals surface area contributed by atoms with Gasteiger partial charge in [0.2, 0.25) is 0 Å². The Morgan fingerprint density at radius 2 is 1.81 bits per heavy atom. The molecule has 9 atom stereocenters. The number of fused-ring (bicyclic) bond motifs is 5. The minimum absolute atomic E-state index is 0.00371. The lowest BCUT2D eigenvalue weighted by Gasteiger charge is -2.65. The van der Waals surface area contributed by atoms with Crippen LogP contribution >= 0.6 is 0 Å². The second-order valence-corrected chi connectivity index (χ2v) is 10.00. The van der Waals surface area contributed by atoms with Gasteiger partial charge in [0.05, 0.1) is 23.7 Å². The molecule has 150 valence electrons. The van der Waals surface area contributed by atoms with Gasteiger partial charge in [-0.15, -0.1) is 0 Å². The van der Waals surface area contributed by atoms with Crippen LogP contribution in [0.2, 0.25) is 0 Å². The van der Waals surface area contributed by atoms with Crippen LogP contribution in [0.3, 0.4) is 0 Å². The maximum absolute atomic E-state index is 12.0. The largest absolute Gasteiger partial charge is 0.481 e. The number of carboxylic acids is 1. The number of azide groups is 1. The van der Waals surface area contributed by atoms with Crippen molar-refractivity contribution in [3.05, 3.63) is 10.4 Å². The summed E-state index contributed by atoms with van der Waals surface area (Å²) in [7, 11) is 0. The molecule has 4 fully saturated rings. The Hall–Kier alpha value is -1.30. The molecule has 0 amide bonds. The summed E-state index contributed by atoms with van der Waals surface area (Å²) in [6.45, 7) is 4.12. The molecule has 0 radical (unpaired) electrons. The molecule has 4 aliphatic rings. The molecule has 0 aromatic heterocycles. The Labute approximate surface area is 159 Å². The molecule has 0 aliphatic heterocycles. The van der Waals surface area contributed by atoms with Crippen LogP contribution in [0, 0.1) is 34.5 Å². The third-order valence-corrected chi connectivity index (χ3v) is 9.44. The SMILES string of the molecule is C[C@]12CC[C@H](O)C[C@H]1CC[C@@H]1[C@@H]2C[C@@H](O)[C@]2(C)[C@@H](C(=O)O)CC[C@]12N=[N+]=[N-]. The van der Waals surface area contributed by atoms with Gasteiger partial charge >= 0.3 is 5.97 Å². The molecule has 7 nitrogen and oxygen atoms in total. The molecule has 3 N–H and O–H groups in total. The van der Waals surface area contributed by atoms with Gasteiger partial charge in [0, 0.05) is 10.3 Å². The molecule has 7 heteroatoms. The normalized spacial score (nSPS) is 54.2. The van der Waals surface area contributed by atoms with Crippen molar-refractivity contribution in [1.29, 1.82) is 0 Å². The molecular formula is C20H31N3O4. The number of nitrogens with zero attached hydrogens (tertiary/aromatic N) is 3.